The molecular formula is C13H18O9. The van der Waals surface area contributed by atoms with Gasteiger partial charge in [0.1, 0.15) is 12.2 Å². The molecule has 0 amide bonds. The van der Waals surface area contributed by atoms with Crippen molar-refractivity contribution in [3.05, 3.63) is 0 Å². The normalized spacial score (nSPS) is 39.4. The molecule has 1 aliphatic rings. The number of hydrogen-bond donors (Lipinski definition) is 4. The topological polar surface area (TPSA) is 158 Å². The van der Waals surface area contributed by atoms with Crippen molar-refractivity contribution in [3.8, 4) is 0 Å². The summed E-state index contributed by atoms with van der Waals surface area (Å²) in [6.45, 7) is 3.11. The summed E-state index contributed by atoms with van der Waals surface area (Å²) in [4.78, 5) is 46.7. The van der Waals surface area contributed by atoms with Crippen LogP contribution < -0.4 is 0 Å². The van der Waals surface area contributed by atoms with E-state index in [0.717, 1.165) is 20.8 Å². The van der Waals surface area contributed by atoms with Gasteiger partial charge in [-0.05, 0) is 20.8 Å². The molecular weight excluding hydrogens is 300 g/mol. The van der Waals surface area contributed by atoms with Gasteiger partial charge in [0.2, 0.25) is 5.60 Å². The molecule has 0 bridgehead atoms. The van der Waals surface area contributed by atoms with E-state index in [9.17, 15) is 39.6 Å². The van der Waals surface area contributed by atoms with Gasteiger partial charge in [0.25, 0.3) is 5.79 Å². The lowest BCUT2D eigenvalue weighted by Gasteiger charge is -2.39. The highest BCUT2D eigenvalue weighted by molar-refractivity contribution is 6.05. The number of Topliss-reactive ketones (excluding diaryl/α,β-unsaturated/α-hetero) is 4. The second kappa shape index (κ2) is 5.28. The van der Waals surface area contributed by atoms with Gasteiger partial charge in [0.15, 0.2) is 28.7 Å². The van der Waals surface area contributed by atoms with Gasteiger partial charge in [-0.2, -0.15) is 0 Å². The van der Waals surface area contributed by atoms with Crippen molar-refractivity contribution in [1.82, 2.24) is 0 Å². The fourth-order valence-corrected chi connectivity index (χ4v) is 2.62. The standard InChI is InChI=1S/C13H18O9/c1-5(14)9(18)10-11(19,6(2)15)12(20,7(3)16)13(21,22-10)8(4)17/h9-10,18-21H,1-4H3/t9?,10-,11-,12+,13+/m1/s1. The lowest BCUT2D eigenvalue weighted by molar-refractivity contribution is -0.250. The molecule has 5 atom stereocenters. The molecule has 0 saturated carbocycles. The molecule has 124 valence electrons. The van der Waals surface area contributed by atoms with Crippen molar-refractivity contribution in [2.24, 2.45) is 0 Å². The van der Waals surface area contributed by atoms with Crippen molar-refractivity contribution in [1.29, 1.82) is 0 Å². The Morgan fingerprint density at radius 2 is 1.36 bits per heavy atom. The first-order valence-corrected chi connectivity index (χ1v) is 6.35. The third-order valence-electron chi connectivity index (χ3n) is 3.98. The van der Waals surface area contributed by atoms with Crippen LogP contribution in [0, 0.1) is 0 Å². The lowest BCUT2D eigenvalue weighted by atomic mass is 9.69. The van der Waals surface area contributed by atoms with E-state index in [1.54, 1.807) is 0 Å². The van der Waals surface area contributed by atoms with E-state index in [1.807, 2.05) is 0 Å². The van der Waals surface area contributed by atoms with Gasteiger partial charge in [0, 0.05) is 6.92 Å². The summed E-state index contributed by atoms with van der Waals surface area (Å²) in [7, 11) is 0. The molecule has 22 heavy (non-hydrogen) atoms. The molecule has 1 saturated heterocycles. The van der Waals surface area contributed by atoms with E-state index in [2.05, 4.69) is 0 Å². The number of rotatable bonds is 5. The van der Waals surface area contributed by atoms with Crippen LogP contribution in [0.5, 0.6) is 0 Å². The Labute approximate surface area is 125 Å². The SMILES string of the molecule is CC(=O)C(O)[C@H]1O[C@@](O)(C(C)=O)[C@](O)(C(C)=O)[C@@]1(O)C(C)=O. The molecule has 0 radical (unpaired) electrons. The fourth-order valence-electron chi connectivity index (χ4n) is 2.62. The van der Waals surface area contributed by atoms with Gasteiger partial charge in [-0.3, -0.25) is 19.2 Å². The smallest absolute Gasteiger partial charge is 0.267 e. The van der Waals surface area contributed by atoms with E-state index in [4.69, 9.17) is 4.74 Å². The van der Waals surface area contributed by atoms with Gasteiger partial charge >= 0.3 is 0 Å². The van der Waals surface area contributed by atoms with Gasteiger partial charge in [-0.1, -0.05) is 0 Å². The maximum atomic E-state index is 11.8. The number of hydrogen-bond acceptors (Lipinski definition) is 9. The molecule has 0 aromatic rings. The van der Waals surface area contributed by atoms with E-state index < -0.39 is 52.3 Å². The number of carbonyl (C=O) groups excluding carboxylic acids is 4. The van der Waals surface area contributed by atoms with E-state index in [0.29, 0.717) is 6.92 Å². The predicted molar refractivity (Wildman–Crippen MR) is 68.5 cm³/mol. The van der Waals surface area contributed by atoms with Crippen molar-refractivity contribution < 1.29 is 44.3 Å². The first-order valence-electron chi connectivity index (χ1n) is 6.35. The molecule has 9 heteroatoms. The van der Waals surface area contributed by atoms with E-state index in [-0.39, 0.29) is 0 Å². The lowest BCUT2D eigenvalue weighted by Crippen LogP contribution is -2.73. The van der Waals surface area contributed by atoms with Crippen LogP contribution in [0.3, 0.4) is 0 Å². The van der Waals surface area contributed by atoms with Crippen LogP contribution in [0.2, 0.25) is 0 Å². The van der Waals surface area contributed by atoms with Gasteiger partial charge in [-0.25, -0.2) is 0 Å². The quantitative estimate of drug-likeness (QED) is 0.421. The maximum absolute atomic E-state index is 11.8. The van der Waals surface area contributed by atoms with E-state index >= 15 is 0 Å². The van der Waals surface area contributed by atoms with Crippen LogP contribution in [-0.4, -0.2) is 72.8 Å². The third kappa shape index (κ3) is 1.97. The van der Waals surface area contributed by atoms with Gasteiger partial charge in [0.05, 0.1) is 0 Å². The summed E-state index contributed by atoms with van der Waals surface area (Å²) in [6.07, 6.45) is -4.36. The minimum Gasteiger partial charge on any atom is -0.382 e. The molecule has 1 rings (SSSR count). The Kier molecular flexibility index (Phi) is 4.45. The summed E-state index contributed by atoms with van der Waals surface area (Å²) in [5.41, 5.74) is -6.57. The molecule has 1 heterocycles. The van der Waals surface area contributed by atoms with Crippen LogP contribution >= 0.6 is 0 Å². The Hall–Kier alpha value is -1.52. The molecule has 1 unspecified atom stereocenters. The van der Waals surface area contributed by atoms with Gasteiger partial charge < -0.3 is 25.2 Å². The average molecular weight is 318 g/mol. The summed E-state index contributed by atoms with van der Waals surface area (Å²) in [5.74, 6) is -8.17. The molecule has 1 aliphatic heterocycles. The first-order chi connectivity index (χ1) is 9.78. The van der Waals surface area contributed by atoms with Crippen molar-refractivity contribution in [3.63, 3.8) is 0 Å². The monoisotopic (exact) mass is 318 g/mol. The predicted octanol–water partition coefficient (Wildman–Crippen LogP) is -2.75. The molecule has 0 spiro atoms. The maximum Gasteiger partial charge on any atom is 0.267 e. The number of ketones is 4. The molecule has 4 N–H and O–H groups in total. The van der Waals surface area contributed by atoms with Crippen molar-refractivity contribution in [2.45, 2.75) is 56.9 Å². The largest absolute Gasteiger partial charge is 0.382 e. The number of aliphatic hydroxyl groups excluding tert-OH is 1. The zero-order valence-corrected chi connectivity index (χ0v) is 12.5. The second-order valence-corrected chi connectivity index (χ2v) is 5.38. The zero-order valence-electron chi connectivity index (χ0n) is 12.5. The molecule has 1 fully saturated rings. The van der Waals surface area contributed by atoms with Gasteiger partial charge in [-0.15, -0.1) is 0 Å². The van der Waals surface area contributed by atoms with Crippen LogP contribution in [0.4, 0.5) is 0 Å². The molecule has 0 aliphatic carbocycles. The summed E-state index contributed by atoms with van der Waals surface area (Å²) >= 11 is 0. The Bertz CT molecular complexity index is 556. The summed E-state index contributed by atoms with van der Waals surface area (Å²) in [6, 6.07) is 0. The summed E-state index contributed by atoms with van der Waals surface area (Å²) < 4.78 is 4.78. The Morgan fingerprint density at radius 3 is 1.64 bits per heavy atom. The van der Waals surface area contributed by atoms with Crippen molar-refractivity contribution in [2.75, 3.05) is 0 Å². The number of aliphatic hydroxyl groups is 4. The zero-order chi connectivity index (χ0) is 17.7. The third-order valence-corrected chi connectivity index (χ3v) is 3.98. The van der Waals surface area contributed by atoms with Crippen LogP contribution in [0.1, 0.15) is 27.7 Å². The Balaban J connectivity index is 3.75. The minimum atomic E-state index is -3.38. The first kappa shape index (κ1) is 18.5. The highest BCUT2D eigenvalue weighted by Gasteiger charge is 2.80. The minimum absolute atomic E-state index is 0.716. The fraction of sp³-hybridized carbons (Fsp3) is 0.692. The molecule has 0 aromatic heterocycles. The Morgan fingerprint density at radius 1 is 0.909 bits per heavy atom. The van der Waals surface area contributed by atoms with Crippen LogP contribution in [0.15, 0.2) is 0 Å². The van der Waals surface area contributed by atoms with E-state index in [1.165, 1.54) is 0 Å². The number of carbonyl (C=O) groups is 4. The highest BCUT2D eigenvalue weighted by Crippen LogP contribution is 2.48. The second-order valence-electron chi connectivity index (χ2n) is 5.38. The van der Waals surface area contributed by atoms with Crippen LogP contribution in [0.25, 0.3) is 0 Å². The highest BCUT2D eigenvalue weighted by atomic mass is 16.7. The van der Waals surface area contributed by atoms with Crippen LogP contribution in [-0.2, 0) is 23.9 Å². The average Bonchev–Trinajstić information content (AvgIpc) is 2.59. The molecule has 0 aromatic carbocycles. The number of ether oxygens (including phenoxy) is 1. The molecule has 9 nitrogen and oxygen atoms in total. The summed E-state index contributed by atoms with van der Waals surface area (Å²) in [5, 5.41) is 41.1. The van der Waals surface area contributed by atoms with Crippen molar-refractivity contribution >= 4 is 23.1 Å².